The largest absolute Gasteiger partial charge is 0.481 e. The molecule has 1 unspecified atom stereocenters. The van der Waals surface area contributed by atoms with Crippen molar-refractivity contribution < 1.29 is 50.5 Å². The van der Waals surface area contributed by atoms with Gasteiger partial charge in [0.25, 0.3) is 0 Å². The molecule has 0 aromatic rings. The van der Waals surface area contributed by atoms with E-state index in [0.29, 0.717) is 0 Å². The number of carbonyl (C=O) groups excluding carboxylic acids is 2. The molecular weight excluding hydrogens is 437 g/mol. The third-order valence-corrected chi connectivity index (χ3v) is 2.25. The topological polar surface area (TPSA) is 121 Å². The molecule has 0 radical (unpaired) electrons. The molecule has 19 heavy (non-hydrogen) atoms. The summed E-state index contributed by atoms with van der Waals surface area (Å²) < 4.78 is 0. The molecule has 3 N–H and O–H groups in total. The molecule has 0 spiro atoms. The molecule has 112 valence electrons. The summed E-state index contributed by atoms with van der Waals surface area (Å²) in [5.74, 6) is -3.66. The summed E-state index contributed by atoms with van der Waals surface area (Å²) >= 11 is 0. The van der Waals surface area contributed by atoms with Gasteiger partial charge in [-0.05, 0) is 0 Å². The van der Waals surface area contributed by atoms with Crippen molar-refractivity contribution in [1.29, 1.82) is 0 Å². The number of carboxylic acids is 2. The predicted molar refractivity (Wildman–Crippen MR) is 60.9 cm³/mol. The van der Waals surface area contributed by atoms with Crippen molar-refractivity contribution in [3.05, 3.63) is 0 Å². The summed E-state index contributed by atoms with van der Waals surface area (Å²) in [5, 5.41) is 19.2. The molecule has 0 fully saturated rings. The number of amides is 1. The minimum absolute atomic E-state index is 0. The van der Waals surface area contributed by atoms with Gasteiger partial charge in [-0.1, -0.05) is 13.8 Å². The Kier molecular flexibility index (Phi) is 10.2. The first-order chi connectivity index (χ1) is 8.23. The van der Waals surface area contributed by atoms with E-state index in [0.717, 1.165) is 0 Å². The van der Waals surface area contributed by atoms with Crippen LogP contribution in [0.1, 0.15) is 33.1 Å². The molecule has 0 aromatic heterocycles. The third kappa shape index (κ3) is 9.36. The molecule has 7 nitrogen and oxygen atoms in total. The molecule has 0 bridgehead atoms. The van der Waals surface area contributed by atoms with Crippen LogP contribution in [-0.4, -0.2) is 39.9 Å². The van der Waals surface area contributed by atoms with Crippen molar-refractivity contribution in [1.82, 2.24) is 5.32 Å². The van der Waals surface area contributed by atoms with E-state index in [-0.39, 0.29) is 45.6 Å². The molecule has 0 heterocycles. The van der Waals surface area contributed by atoms with Crippen molar-refractivity contribution in [2.45, 2.75) is 39.2 Å². The van der Waals surface area contributed by atoms with E-state index in [1.54, 1.807) is 13.8 Å². The van der Waals surface area contributed by atoms with Gasteiger partial charge in [-0.15, -0.1) is 0 Å². The Balaban J connectivity index is 0. The molecule has 0 aromatic carbocycles. The maximum atomic E-state index is 11.3. The Morgan fingerprint density at radius 2 is 1.58 bits per heavy atom. The van der Waals surface area contributed by atoms with Crippen molar-refractivity contribution in [2.75, 3.05) is 0 Å². The minimum Gasteiger partial charge on any atom is -0.481 e. The Bertz CT molecular complexity index is 355. The van der Waals surface area contributed by atoms with Crippen LogP contribution in [0.4, 0.5) is 0 Å². The van der Waals surface area contributed by atoms with Gasteiger partial charge in [-0.25, -0.2) is 4.79 Å². The SMILES string of the molecule is CC(C)C(=O)CCC(=O)NC(CC(=O)O)C(=O)O.[Pt]. The monoisotopic (exact) mass is 454 g/mol. The zero-order chi connectivity index (χ0) is 14.3. The summed E-state index contributed by atoms with van der Waals surface area (Å²) in [6, 6.07) is -1.47. The quantitative estimate of drug-likeness (QED) is 0.476. The van der Waals surface area contributed by atoms with Gasteiger partial charge in [0, 0.05) is 39.8 Å². The number of Topliss-reactive ketones (excluding diaryl/α,β-unsaturated/α-hetero) is 1. The minimum atomic E-state index is -1.47. The van der Waals surface area contributed by atoms with Crippen molar-refractivity contribution in [3.8, 4) is 0 Å². The molecule has 0 rings (SSSR count). The zero-order valence-electron chi connectivity index (χ0n) is 10.6. The van der Waals surface area contributed by atoms with Gasteiger partial charge in [0.15, 0.2) is 0 Å². The van der Waals surface area contributed by atoms with Crippen molar-refractivity contribution >= 4 is 23.6 Å². The van der Waals surface area contributed by atoms with Gasteiger partial charge in [0.05, 0.1) is 6.42 Å². The van der Waals surface area contributed by atoms with Crippen LogP contribution in [0.2, 0.25) is 0 Å². The van der Waals surface area contributed by atoms with Crippen molar-refractivity contribution in [3.63, 3.8) is 0 Å². The Morgan fingerprint density at radius 3 is 1.95 bits per heavy atom. The number of hydrogen-bond acceptors (Lipinski definition) is 4. The summed E-state index contributed by atoms with van der Waals surface area (Å²) in [6.07, 6.45) is -0.817. The van der Waals surface area contributed by atoms with Gasteiger partial charge in [0.1, 0.15) is 11.8 Å². The molecule has 8 heteroatoms. The van der Waals surface area contributed by atoms with Crippen LogP contribution >= 0.6 is 0 Å². The molecule has 0 aliphatic heterocycles. The smallest absolute Gasteiger partial charge is 0.326 e. The molecule has 0 saturated carbocycles. The van der Waals surface area contributed by atoms with Crippen LogP contribution in [-0.2, 0) is 40.2 Å². The Labute approximate surface area is 125 Å². The van der Waals surface area contributed by atoms with Crippen LogP contribution in [0.25, 0.3) is 0 Å². The Hall–Kier alpha value is -1.23. The molecule has 0 aliphatic rings. The summed E-state index contributed by atoms with van der Waals surface area (Å²) in [5.41, 5.74) is 0. The van der Waals surface area contributed by atoms with Crippen molar-refractivity contribution in [2.24, 2.45) is 5.92 Å². The van der Waals surface area contributed by atoms with Gasteiger partial charge < -0.3 is 15.5 Å². The number of carbonyl (C=O) groups is 4. The van der Waals surface area contributed by atoms with Gasteiger partial charge in [-0.3, -0.25) is 14.4 Å². The van der Waals surface area contributed by atoms with E-state index in [1.165, 1.54) is 0 Å². The normalized spacial score (nSPS) is 11.3. The van der Waals surface area contributed by atoms with Crippen LogP contribution < -0.4 is 5.32 Å². The van der Waals surface area contributed by atoms with Crippen LogP contribution in [0, 0.1) is 5.92 Å². The van der Waals surface area contributed by atoms with E-state index in [4.69, 9.17) is 10.2 Å². The number of aliphatic carboxylic acids is 2. The molecular formula is C11H17NO6Pt. The maximum Gasteiger partial charge on any atom is 0.326 e. The zero-order valence-corrected chi connectivity index (χ0v) is 12.9. The second kappa shape index (κ2) is 9.67. The van der Waals surface area contributed by atoms with Gasteiger partial charge >= 0.3 is 11.9 Å². The number of nitrogens with one attached hydrogen (secondary N) is 1. The average molecular weight is 454 g/mol. The molecule has 0 aliphatic carbocycles. The number of hydrogen-bond donors (Lipinski definition) is 3. The van der Waals surface area contributed by atoms with Crippen LogP contribution in [0.15, 0.2) is 0 Å². The first-order valence-electron chi connectivity index (χ1n) is 5.50. The van der Waals surface area contributed by atoms with Crippen LogP contribution in [0.5, 0.6) is 0 Å². The van der Waals surface area contributed by atoms with E-state index >= 15 is 0 Å². The molecule has 0 saturated heterocycles. The van der Waals surface area contributed by atoms with Gasteiger partial charge in [-0.2, -0.15) is 0 Å². The fourth-order valence-corrected chi connectivity index (χ4v) is 1.17. The fraction of sp³-hybridized carbons (Fsp3) is 0.636. The third-order valence-electron chi connectivity index (χ3n) is 2.25. The first-order valence-corrected chi connectivity index (χ1v) is 5.50. The second-order valence-corrected chi connectivity index (χ2v) is 4.18. The van der Waals surface area contributed by atoms with Crippen LogP contribution in [0.3, 0.4) is 0 Å². The van der Waals surface area contributed by atoms with Gasteiger partial charge in [0.2, 0.25) is 5.91 Å². The first kappa shape index (κ1) is 20.1. The fourth-order valence-electron chi connectivity index (χ4n) is 1.17. The van der Waals surface area contributed by atoms with E-state index in [9.17, 15) is 19.2 Å². The van der Waals surface area contributed by atoms with E-state index in [1.807, 2.05) is 0 Å². The standard InChI is InChI=1S/C11H17NO6.Pt/c1-6(2)8(13)3-4-9(14)12-7(11(17)18)5-10(15)16;/h6-7H,3-5H2,1-2H3,(H,12,14)(H,15,16)(H,17,18);. The average Bonchev–Trinajstić information content (AvgIpc) is 2.23. The Morgan fingerprint density at radius 1 is 1.05 bits per heavy atom. The summed E-state index contributed by atoms with van der Waals surface area (Å²) in [6.45, 7) is 3.40. The van der Waals surface area contributed by atoms with E-state index in [2.05, 4.69) is 5.32 Å². The summed E-state index contributed by atoms with van der Waals surface area (Å²) in [7, 11) is 0. The molecule has 1 amide bonds. The number of carboxylic acid groups (broad SMARTS) is 2. The maximum absolute atomic E-state index is 11.3. The second-order valence-electron chi connectivity index (χ2n) is 4.18. The van der Waals surface area contributed by atoms with E-state index < -0.39 is 30.3 Å². The molecule has 1 atom stereocenters. The predicted octanol–water partition coefficient (Wildman–Crippen LogP) is 0.0333. The number of rotatable bonds is 8. The summed E-state index contributed by atoms with van der Waals surface area (Å²) in [4.78, 5) is 43.7. The number of ketones is 1.